The molecule has 0 heterocycles. The molecule has 116 valence electrons. The van der Waals surface area contributed by atoms with E-state index in [0.29, 0.717) is 6.10 Å². The molecule has 0 radical (unpaired) electrons. The average molecular weight is 295 g/mol. The highest BCUT2D eigenvalue weighted by Crippen LogP contribution is 2.28. The Morgan fingerprint density at radius 1 is 0.955 bits per heavy atom. The molecule has 2 aromatic carbocycles. The quantitative estimate of drug-likeness (QED) is 0.814. The van der Waals surface area contributed by atoms with Gasteiger partial charge in [-0.15, -0.1) is 0 Å². The van der Waals surface area contributed by atoms with Crippen LogP contribution >= 0.6 is 0 Å². The van der Waals surface area contributed by atoms with Crippen molar-refractivity contribution in [1.82, 2.24) is 0 Å². The Morgan fingerprint density at radius 3 is 2.36 bits per heavy atom. The third kappa shape index (κ3) is 3.44. The first-order valence-corrected chi connectivity index (χ1v) is 8.28. The van der Waals surface area contributed by atoms with Crippen molar-refractivity contribution in [3.05, 3.63) is 59.2 Å². The molecule has 0 unspecified atom stereocenters. The SMILES string of the molecule is Cc1cccc(C)c1NCc1ccccc1OC1CCCC1. The van der Waals surface area contributed by atoms with E-state index in [0.717, 1.165) is 12.3 Å². The largest absolute Gasteiger partial charge is 0.490 e. The second-order valence-electron chi connectivity index (χ2n) is 6.25. The lowest BCUT2D eigenvalue weighted by molar-refractivity contribution is 0.208. The number of nitrogens with one attached hydrogen (secondary N) is 1. The lowest BCUT2D eigenvalue weighted by atomic mass is 10.1. The number of benzene rings is 2. The highest BCUT2D eigenvalue weighted by Gasteiger charge is 2.17. The van der Waals surface area contributed by atoms with Gasteiger partial charge in [-0.25, -0.2) is 0 Å². The minimum Gasteiger partial charge on any atom is -0.490 e. The van der Waals surface area contributed by atoms with Crippen molar-refractivity contribution in [2.45, 2.75) is 52.2 Å². The summed E-state index contributed by atoms with van der Waals surface area (Å²) in [6.07, 6.45) is 5.39. The fourth-order valence-electron chi connectivity index (χ4n) is 3.23. The number of hydrogen-bond acceptors (Lipinski definition) is 2. The van der Waals surface area contributed by atoms with Crippen molar-refractivity contribution >= 4 is 5.69 Å². The van der Waals surface area contributed by atoms with Crippen molar-refractivity contribution in [3.8, 4) is 5.75 Å². The Balaban J connectivity index is 1.72. The monoisotopic (exact) mass is 295 g/mol. The van der Waals surface area contributed by atoms with E-state index in [1.165, 1.54) is 48.1 Å². The Labute approximate surface area is 133 Å². The Morgan fingerprint density at radius 2 is 1.64 bits per heavy atom. The standard InChI is InChI=1S/C20H25NO/c1-15-8-7-9-16(2)20(15)21-14-17-10-3-6-13-19(17)22-18-11-4-5-12-18/h3,6-10,13,18,21H,4-5,11-12,14H2,1-2H3. The second kappa shape index (κ2) is 6.87. The Bertz CT molecular complexity index is 609. The van der Waals surface area contributed by atoms with Gasteiger partial charge in [0.1, 0.15) is 5.75 Å². The lowest BCUT2D eigenvalue weighted by Gasteiger charge is -2.18. The van der Waals surface area contributed by atoms with E-state index in [1.807, 2.05) is 0 Å². The predicted octanol–water partition coefficient (Wildman–Crippen LogP) is 5.24. The molecule has 0 saturated heterocycles. The lowest BCUT2D eigenvalue weighted by Crippen LogP contribution is -2.13. The highest BCUT2D eigenvalue weighted by molar-refractivity contribution is 5.57. The molecule has 2 aromatic rings. The molecule has 2 nitrogen and oxygen atoms in total. The Kier molecular flexibility index (Phi) is 4.67. The van der Waals surface area contributed by atoms with Crippen molar-refractivity contribution in [2.24, 2.45) is 0 Å². The van der Waals surface area contributed by atoms with E-state index in [4.69, 9.17) is 4.74 Å². The fraction of sp³-hybridized carbons (Fsp3) is 0.400. The molecular formula is C20H25NO. The van der Waals surface area contributed by atoms with Crippen LogP contribution in [0.5, 0.6) is 5.75 Å². The van der Waals surface area contributed by atoms with Gasteiger partial charge in [0.15, 0.2) is 0 Å². The summed E-state index contributed by atoms with van der Waals surface area (Å²) >= 11 is 0. The maximum atomic E-state index is 6.22. The van der Waals surface area contributed by atoms with Gasteiger partial charge < -0.3 is 10.1 Å². The molecule has 0 atom stereocenters. The van der Waals surface area contributed by atoms with Gasteiger partial charge >= 0.3 is 0 Å². The highest BCUT2D eigenvalue weighted by atomic mass is 16.5. The minimum atomic E-state index is 0.404. The van der Waals surface area contributed by atoms with Crippen molar-refractivity contribution < 1.29 is 4.74 Å². The van der Waals surface area contributed by atoms with E-state index >= 15 is 0 Å². The van der Waals surface area contributed by atoms with E-state index in [2.05, 4.69) is 61.6 Å². The summed E-state index contributed by atoms with van der Waals surface area (Å²) in [6.45, 7) is 5.10. The maximum Gasteiger partial charge on any atom is 0.124 e. The number of aryl methyl sites for hydroxylation is 2. The zero-order chi connectivity index (χ0) is 15.4. The van der Waals surface area contributed by atoms with Crippen LogP contribution in [0.3, 0.4) is 0 Å². The van der Waals surface area contributed by atoms with Crippen molar-refractivity contribution in [1.29, 1.82) is 0 Å². The van der Waals surface area contributed by atoms with Gasteiger partial charge in [-0.3, -0.25) is 0 Å². The first kappa shape index (κ1) is 15.0. The van der Waals surface area contributed by atoms with Crippen LogP contribution in [0.25, 0.3) is 0 Å². The van der Waals surface area contributed by atoms with Crippen LogP contribution in [0, 0.1) is 13.8 Å². The molecule has 3 rings (SSSR count). The zero-order valence-corrected chi connectivity index (χ0v) is 13.6. The van der Waals surface area contributed by atoms with Crippen LogP contribution in [0.15, 0.2) is 42.5 Å². The molecule has 1 saturated carbocycles. The van der Waals surface area contributed by atoms with E-state index < -0.39 is 0 Å². The van der Waals surface area contributed by atoms with Gasteiger partial charge in [0, 0.05) is 17.8 Å². The van der Waals surface area contributed by atoms with Gasteiger partial charge in [0.05, 0.1) is 6.10 Å². The van der Waals surface area contributed by atoms with E-state index in [9.17, 15) is 0 Å². The predicted molar refractivity (Wildman–Crippen MR) is 92.6 cm³/mol. The molecule has 22 heavy (non-hydrogen) atoms. The zero-order valence-electron chi connectivity index (χ0n) is 13.6. The normalized spacial score (nSPS) is 15.0. The van der Waals surface area contributed by atoms with Gasteiger partial charge in [-0.2, -0.15) is 0 Å². The maximum absolute atomic E-state index is 6.22. The molecular weight excluding hydrogens is 270 g/mol. The minimum absolute atomic E-state index is 0.404. The first-order valence-electron chi connectivity index (χ1n) is 8.28. The summed E-state index contributed by atoms with van der Waals surface area (Å²) in [5, 5.41) is 3.58. The van der Waals surface area contributed by atoms with Crippen molar-refractivity contribution in [3.63, 3.8) is 0 Å². The number of ether oxygens (including phenoxy) is 1. The van der Waals surface area contributed by atoms with E-state index in [-0.39, 0.29) is 0 Å². The molecule has 0 bridgehead atoms. The van der Waals surface area contributed by atoms with Crippen molar-refractivity contribution in [2.75, 3.05) is 5.32 Å². The molecule has 0 aliphatic heterocycles. The number of para-hydroxylation sites is 2. The molecule has 1 fully saturated rings. The summed E-state index contributed by atoms with van der Waals surface area (Å²) < 4.78 is 6.22. The van der Waals surface area contributed by atoms with Crippen LogP contribution in [-0.2, 0) is 6.54 Å². The molecule has 2 heteroatoms. The topological polar surface area (TPSA) is 21.3 Å². The van der Waals surface area contributed by atoms with Crippen LogP contribution in [0.1, 0.15) is 42.4 Å². The summed E-state index contributed by atoms with van der Waals surface area (Å²) in [5.41, 5.74) is 5.04. The summed E-state index contributed by atoms with van der Waals surface area (Å²) in [4.78, 5) is 0. The van der Waals surface area contributed by atoms with Gasteiger partial charge in [-0.1, -0.05) is 36.4 Å². The van der Waals surface area contributed by atoms with Gasteiger partial charge in [-0.05, 0) is 56.7 Å². The third-order valence-corrected chi connectivity index (χ3v) is 4.51. The van der Waals surface area contributed by atoms with Crippen LogP contribution in [-0.4, -0.2) is 6.10 Å². The number of hydrogen-bond donors (Lipinski definition) is 1. The van der Waals surface area contributed by atoms with Gasteiger partial charge in [0.25, 0.3) is 0 Å². The summed E-state index contributed by atoms with van der Waals surface area (Å²) in [6, 6.07) is 14.8. The third-order valence-electron chi connectivity index (χ3n) is 4.51. The molecule has 1 N–H and O–H groups in total. The van der Waals surface area contributed by atoms with Crippen LogP contribution in [0.4, 0.5) is 5.69 Å². The van der Waals surface area contributed by atoms with Crippen LogP contribution < -0.4 is 10.1 Å². The molecule has 0 aromatic heterocycles. The summed E-state index contributed by atoms with van der Waals surface area (Å²) in [7, 11) is 0. The average Bonchev–Trinajstić information content (AvgIpc) is 3.01. The fourth-order valence-corrected chi connectivity index (χ4v) is 3.23. The first-order chi connectivity index (χ1) is 10.7. The van der Waals surface area contributed by atoms with Gasteiger partial charge in [0.2, 0.25) is 0 Å². The smallest absolute Gasteiger partial charge is 0.124 e. The molecule has 1 aliphatic rings. The number of anilines is 1. The summed E-state index contributed by atoms with van der Waals surface area (Å²) in [5.74, 6) is 1.04. The molecule has 0 spiro atoms. The van der Waals surface area contributed by atoms with E-state index in [1.54, 1.807) is 0 Å². The Hall–Kier alpha value is -1.96. The molecule has 1 aliphatic carbocycles. The second-order valence-corrected chi connectivity index (χ2v) is 6.25. The van der Waals surface area contributed by atoms with Crippen LogP contribution in [0.2, 0.25) is 0 Å². The number of rotatable bonds is 5. The molecule has 0 amide bonds.